The number of aromatic amines is 1. The lowest BCUT2D eigenvalue weighted by Crippen LogP contribution is -2.28. The van der Waals surface area contributed by atoms with Crippen LogP contribution in [0.4, 0.5) is 5.69 Å². The van der Waals surface area contributed by atoms with E-state index in [9.17, 15) is 14.9 Å². The molecule has 10 heteroatoms. The Labute approximate surface area is 157 Å². The standard InChI is InChI=1S/C17H14ClN5O4/c1-20-17(19)22-16(24)13-8-11-12(18)5-6-14(15(11)21-13)27-10-4-2-3-9(7-10)23(25)26/h2-8,21H,1H3,(H3,19,20,22,24). The first-order valence-corrected chi connectivity index (χ1v) is 8.06. The van der Waals surface area contributed by atoms with Crippen LogP contribution in [-0.4, -0.2) is 28.8 Å². The molecule has 0 aliphatic rings. The largest absolute Gasteiger partial charge is 0.455 e. The number of H-pyrrole nitrogens is 1. The normalized spacial score (nSPS) is 11.4. The molecule has 9 nitrogen and oxygen atoms in total. The lowest BCUT2D eigenvalue weighted by atomic mass is 10.2. The second-order valence-corrected chi connectivity index (χ2v) is 5.83. The molecule has 1 amide bonds. The third kappa shape index (κ3) is 3.82. The molecule has 0 aliphatic carbocycles. The lowest BCUT2D eigenvalue weighted by Gasteiger charge is -2.07. The van der Waals surface area contributed by atoms with Crippen LogP contribution in [0, 0.1) is 10.1 Å². The fraction of sp³-hybridized carbons (Fsp3) is 0.0588. The predicted octanol–water partition coefficient (Wildman–Crippen LogP) is 3.20. The minimum atomic E-state index is -0.588. The van der Waals surface area contributed by atoms with Gasteiger partial charge in [0.25, 0.3) is 11.6 Å². The number of nitro benzene ring substituents is 1. The minimum Gasteiger partial charge on any atom is -0.455 e. The Morgan fingerprint density at radius 2 is 2.11 bits per heavy atom. The van der Waals surface area contributed by atoms with Crippen molar-refractivity contribution >= 4 is 40.1 Å². The van der Waals surface area contributed by atoms with Crippen LogP contribution in [0.3, 0.4) is 0 Å². The van der Waals surface area contributed by atoms with Crippen LogP contribution in [0.25, 0.3) is 10.9 Å². The Kier molecular flexibility index (Phi) is 4.95. The molecule has 1 aromatic heterocycles. The molecule has 3 aromatic rings. The van der Waals surface area contributed by atoms with Gasteiger partial charge in [-0.05, 0) is 24.3 Å². The number of ether oxygens (including phenoxy) is 1. The second kappa shape index (κ2) is 7.34. The summed E-state index contributed by atoms with van der Waals surface area (Å²) >= 11 is 6.20. The van der Waals surface area contributed by atoms with E-state index in [1.54, 1.807) is 25.2 Å². The van der Waals surface area contributed by atoms with Gasteiger partial charge in [-0.25, -0.2) is 0 Å². The number of halogens is 1. The molecule has 138 valence electrons. The van der Waals surface area contributed by atoms with Crippen molar-refractivity contribution in [1.82, 2.24) is 10.3 Å². The van der Waals surface area contributed by atoms with Gasteiger partial charge in [0.15, 0.2) is 11.7 Å². The number of hydrogen-bond acceptors (Lipinski definition) is 4. The van der Waals surface area contributed by atoms with E-state index in [-0.39, 0.29) is 23.1 Å². The highest BCUT2D eigenvalue weighted by Gasteiger charge is 2.16. The van der Waals surface area contributed by atoms with Gasteiger partial charge in [0.05, 0.1) is 21.5 Å². The molecule has 0 radical (unpaired) electrons. The van der Waals surface area contributed by atoms with Crippen molar-refractivity contribution in [2.75, 3.05) is 7.05 Å². The van der Waals surface area contributed by atoms with E-state index in [2.05, 4.69) is 15.3 Å². The maximum Gasteiger partial charge on any atom is 0.296 e. The minimum absolute atomic E-state index is 0.0298. The van der Waals surface area contributed by atoms with Crippen molar-refractivity contribution in [1.29, 1.82) is 0 Å². The van der Waals surface area contributed by atoms with Crippen LogP contribution >= 0.6 is 11.6 Å². The molecular formula is C17H14ClN5O4. The first-order valence-electron chi connectivity index (χ1n) is 7.69. The van der Waals surface area contributed by atoms with Gasteiger partial charge in [-0.15, -0.1) is 0 Å². The number of hydrogen-bond donors (Lipinski definition) is 3. The molecule has 3 rings (SSSR count). The zero-order valence-corrected chi connectivity index (χ0v) is 14.8. The Balaban J connectivity index is 2.02. The summed E-state index contributed by atoms with van der Waals surface area (Å²) < 4.78 is 5.75. The number of aliphatic imine (C=N–C) groups is 1. The van der Waals surface area contributed by atoms with Crippen molar-refractivity contribution in [3.63, 3.8) is 0 Å². The zero-order chi connectivity index (χ0) is 19.6. The average molecular weight is 388 g/mol. The highest BCUT2D eigenvalue weighted by Crippen LogP contribution is 2.35. The third-order valence-corrected chi connectivity index (χ3v) is 4.00. The highest BCUT2D eigenvalue weighted by molar-refractivity contribution is 6.35. The zero-order valence-electron chi connectivity index (χ0n) is 14.0. The number of guanidine groups is 1. The SMILES string of the molecule is CNC(N)=NC(=O)c1cc2c(Cl)ccc(Oc3cccc([N+](=O)[O-])c3)c2[nH]1. The molecule has 0 spiro atoms. The van der Waals surface area contributed by atoms with Gasteiger partial charge in [0.1, 0.15) is 11.4 Å². The molecule has 4 N–H and O–H groups in total. The van der Waals surface area contributed by atoms with Crippen LogP contribution < -0.4 is 15.8 Å². The number of nitrogens with one attached hydrogen (secondary N) is 2. The number of carbonyl (C=O) groups is 1. The first-order chi connectivity index (χ1) is 12.9. The van der Waals surface area contributed by atoms with E-state index in [4.69, 9.17) is 22.1 Å². The molecule has 0 saturated carbocycles. The van der Waals surface area contributed by atoms with E-state index >= 15 is 0 Å². The monoisotopic (exact) mass is 387 g/mol. The van der Waals surface area contributed by atoms with Crippen molar-refractivity contribution in [2.45, 2.75) is 0 Å². The van der Waals surface area contributed by atoms with E-state index in [0.717, 1.165) is 0 Å². The molecule has 0 fully saturated rings. The predicted molar refractivity (Wildman–Crippen MR) is 101 cm³/mol. The van der Waals surface area contributed by atoms with Crippen LogP contribution in [-0.2, 0) is 0 Å². The number of nitro groups is 1. The van der Waals surface area contributed by atoms with E-state index in [1.165, 1.54) is 24.3 Å². The van der Waals surface area contributed by atoms with Crippen LogP contribution in [0.1, 0.15) is 10.5 Å². The molecule has 0 unspecified atom stereocenters. The summed E-state index contributed by atoms with van der Waals surface area (Å²) in [5.41, 5.74) is 6.03. The van der Waals surface area contributed by atoms with E-state index in [0.29, 0.717) is 21.7 Å². The number of nitrogens with two attached hydrogens (primary N) is 1. The summed E-state index contributed by atoms with van der Waals surface area (Å²) in [7, 11) is 1.54. The number of fused-ring (bicyclic) bond motifs is 1. The fourth-order valence-electron chi connectivity index (χ4n) is 2.37. The van der Waals surface area contributed by atoms with Crippen LogP contribution in [0.5, 0.6) is 11.5 Å². The smallest absolute Gasteiger partial charge is 0.296 e. The van der Waals surface area contributed by atoms with Gasteiger partial charge in [0.2, 0.25) is 0 Å². The van der Waals surface area contributed by atoms with Gasteiger partial charge >= 0.3 is 0 Å². The highest BCUT2D eigenvalue weighted by atomic mass is 35.5. The number of rotatable bonds is 4. The van der Waals surface area contributed by atoms with E-state index < -0.39 is 10.8 Å². The maximum atomic E-state index is 12.2. The summed E-state index contributed by atoms with van der Waals surface area (Å²) in [6, 6.07) is 10.5. The molecule has 0 aliphatic heterocycles. The fourth-order valence-corrected chi connectivity index (χ4v) is 2.58. The molecule has 2 aromatic carbocycles. The summed E-state index contributed by atoms with van der Waals surface area (Å²) in [6.07, 6.45) is 0. The number of carbonyl (C=O) groups excluding carboxylic acids is 1. The number of aromatic nitrogens is 1. The quantitative estimate of drug-likeness (QED) is 0.272. The maximum absolute atomic E-state index is 12.2. The van der Waals surface area contributed by atoms with Gasteiger partial charge < -0.3 is 20.8 Å². The number of amides is 1. The third-order valence-electron chi connectivity index (χ3n) is 3.67. The van der Waals surface area contributed by atoms with Crippen LogP contribution in [0.2, 0.25) is 5.02 Å². The summed E-state index contributed by atoms with van der Waals surface area (Å²) in [4.78, 5) is 29.2. The topological polar surface area (TPSA) is 136 Å². The average Bonchev–Trinajstić information content (AvgIpc) is 3.11. The summed E-state index contributed by atoms with van der Waals surface area (Å²) in [5.74, 6) is 0.000463. The van der Waals surface area contributed by atoms with Gasteiger partial charge in [-0.3, -0.25) is 14.9 Å². The van der Waals surface area contributed by atoms with Gasteiger partial charge in [0, 0.05) is 18.5 Å². The Hall–Kier alpha value is -3.59. The van der Waals surface area contributed by atoms with Gasteiger partial charge in [-0.2, -0.15) is 4.99 Å². The molecule has 1 heterocycles. The molecular weight excluding hydrogens is 374 g/mol. The van der Waals surface area contributed by atoms with Crippen molar-refractivity contribution in [3.05, 3.63) is 63.3 Å². The molecule has 0 bridgehead atoms. The second-order valence-electron chi connectivity index (χ2n) is 5.43. The Morgan fingerprint density at radius 1 is 1.33 bits per heavy atom. The molecule has 27 heavy (non-hydrogen) atoms. The first kappa shape index (κ1) is 18.2. The van der Waals surface area contributed by atoms with Crippen molar-refractivity contribution in [2.24, 2.45) is 10.7 Å². The number of nitrogens with zero attached hydrogens (tertiary/aromatic N) is 2. The summed E-state index contributed by atoms with van der Waals surface area (Å²) in [6.45, 7) is 0. The van der Waals surface area contributed by atoms with Crippen LogP contribution in [0.15, 0.2) is 47.5 Å². The Morgan fingerprint density at radius 3 is 2.81 bits per heavy atom. The molecule has 0 saturated heterocycles. The lowest BCUT2D eigenvalue weighted by molar-refractivity contribution is -0.384. The van der Waals surface area contributed by atoms with Gasteiger partial charge in [-0.1, -0.05) is 17.7 Å². The van der Waals surface area contributed by atoms with Crippen molar-refractivity contribution in [3.8, 4) is 11.5 Å². The van der Waals surface area contributed by atoms with E-state index in [1.807, 2.05) is 0 Å². The number of benzene rings is 2. The van der Waals surface area contributed by atoms with Crippen molar-refractivity contribution < 1.29 is 14.5 Å². The Bertz CT molecular complexity index is 1080. The summed E-state index contributed by atoms with van der Waals surface area (Å²) in [5, 5.41) is 14.4. The number of non-ortho nitro benzene ring substituents is 1. The molecule has 0 atom stereocenters.